The summed E-state index contributed by atoms with van der Waals surface area (Å²) in [5.74, 6) is 1.82. The molecule has 6 heteroatoms. The lowest BCUT2D eigenvalue weighted by atomic mass is 10.2. The Morgan fingerprint density at radius 3 is 3.25 bits per heavy atom. The second-order valence-electron chi connectivity index (χ2n) is 3.61. The fraction of sp³-hybridized carbons (Fsp3) is 0.600. The fourth-order valence-electron chi connectivity index (χ4n) is 1.58. The average molecular weight is 257 g/mol. The van der Waals surface area contributed by atoms with Crippen molar-refractivity contribution in [2.75, 3.05) is 11.6 Å². The van der Waals surface area contributed by atoms with Crippen LogP contribution in [0.3, 0.4) is 0 Å². The maximum atomic E-state index is 11.9. The van der Waals surface area contributed by atoms with E-state index in [1.54, 1.807) is 29.3 Å². The van der Waals surface area contributed by atoms with E-state index in [9.17, 15) is 4.79 Å². The van der Waals surface area contributed by atoms with Crippen molar-refractivity contribution in [2.45, 2.75) is 25.4 Å². The van der Waals surface area contributed by atoms with E-state index in [0.717, 1.165) is 23.1 Å². The normalized spacial score (nSPS) is 21.9. The van der Waals surface area contributed by atoms with Crippen molar-refractivity contribution >= 4 is 29.0 Å². The topological polar surface area (TPSA) is 54.0 Å². The van der Waals surface area contributed by atoms with Crippen LogP contribution in [0.15, 0.2) is 11.6 Å². The first-order valence-corrected chi connectivity index (χ1v) is 7.35. The SMILES string of the molecule is CCC(NC(=O)C1CSCN1)c1nccs1. The Balaban J connectivity index is 1.93. The first kappa shape index (κ1) is 11.9. The van der Waals surface area contributed by atoms with E-state index in [2.05, 4.69) is 22.5 Å². The smallest absolute Gasteiger partial charge is 0.238 e. The highest BCUT2D eigenvalue weighted by atomic mass is 32.2. The summed E-state index contributed by atoms with van der Waals surface area (Å²) in [6.45, 7) is 2.06. The van der Waals surface area contributed by atoms with Gasteiger partial charge in [0.25, 0.3) is 0 Å². The van der Waals surface area contributed by atoms with Gasteiger partial charge in [0, 0.05) is 23.2 Å². The quantitative estimate of drug-likeness (QED) is 0.855. The lowest BCUT2D eigenvalue weighted by Gasteiger charge is -2.17. The highest BCUT2D eigenvalue weighted by Crippen LogP contribution is 2.19. The molecular formula is C10H15N3OS2. The molecule has 0 radical (unpaired) electrons. The van der Waals surface area contributed by atoms with Crippen molar-refractivity contribution in [3.05, 3.63) is 16.6 Å². The summed E-state index contributed by atoms with van der Waals surface area (Å²) in [7, 11) is 0. The highest BCUT2D eigenvalue weighted by molar-refractivity contribution is 7.99. The van der Waals surface area contributed by atoms with Gasteiger partial charge in [0.15, 0.2) is 0 Å². The van der Waals surface area contributed by atoms with Crippen molar-refractivity contribution in [1.29, 1.82) is 0 Å². The average Bonchev–Trinajstić information content (AvgIpc) is 2.96. The number of amides is 1. The minimum absolute atomic E-state index is 0.0426. The second kappa shape index (κ2) is 5.65. The number of rotatable bonds is 4. The number of hydrogen-bond acceptors (Lipinski definition) is 5. The van der Waals surface area contributed by atoms with E-state index in [0.29, 0.717) is 0 Å². The molecule has 1 aromatic heterocycles. The van der Waals surface area contributed by atoms with Gasteiger partial charge in [-0.2, -0.15) is 0 Å². The molecule has 1 fully saturated rings. The molecule has 0 spiro atoms. The second-order valence-corrected chi connectivity index (χ2v) is 5.57. The van der Waals surface area contributed by atoms with Gasteiger partial charge < -0.3 is 5.32 Å². The number of hydrogen-bond donors (Lipinski definition) is 2. The van der Waals surface area contributed by atoms with Crippen LogP contribution in [0.4, 0.5) is 0 Å². The lowest BCUT2D eigenvalue weighted by molar-refractivity contribution is -0.123. The molecule has 0 aromatic carbocycles. The number of thioether (sulfide) groups is 1. The number of carbonyl (C=O) groups excluding carboxylic acids is 1. The van der Waals surface area contributed by atoms with Crippen LogP contribution < -0.4 is 10.6 Å². The van der Waals surface area contributed by atoms with Gasteiger partial charge in [0.1, 0.15) is 5.01 Å². The molecule has 2 N–H and O–H groups in total. The predicted octanol–water partition coefficient (Wildman–Crippen LogP) is 1.37. The maximum absolute atomic E-state index is 11.9. The number of nitrogens with one attached hydrogen (secondary N) is 2. The summed E-state index contributed by atoms with van der Waals surface area (Å²) in [6, 6.07) is 0.0129. The van der Waals surface area contributed by atoms with E-state index in [4.69, 9.17) is 0 Å². The van der Waals surface area contributed by atoms with Crippen LogP contribution in [0.5, 0.6) is 0 Å². The van der Waals surface area contributed by atoms with E-state index < -0.39 is 0 Å². The summed E-state index contributed by atoms with van der Waals surface area (Å²) in [4.78, 5) is 16.1. The molecule has 16 heavy (non-hydrogen) atoms. The van der Waals surface area contributed by atoms with E-state index >= 15 is 0 Å². The predicted molar refractivity (Wildman–Crippen MR) is 67.5 cm³/mol. The molecule has 1 aliphatic heterocycles. The molecule has 1 aliphatic rings. The number of thiazole rings is 1. The van der Waals surface area contributed by atoms with Gasteiger partial charge in [0.05, 0.1) is 12.1 Å². The Morgan fingerprint density at radius 1 is 1.81 bits per heavy atom. The van der Waals surface area contributed by atoms with Crippen molar-refractivity contribution < 1.29 is 4.79 Å². The molecule has 2 heterocycles. The third-order valence-corrected chi connectivity index (χ3v) is 4.34. The minimum Gasteiger partial charge on any atom is -0.345 e. The first-order valence-electron chi connectivity index (χ1n) is 5.32. The van der Waals surface area contributed by atoms with Gasteiger partial charge in [-0.15, -0.1) is 23.1 Å². The standard InChI is InChI=1S/C10H15N3OS2/c1-2-7(10-11-3-4-16-10)13-9(14)8-5-15-6-12-8/h3-4,7-8,12H,2,5-6H2,1H3,(H,13,14). The zero-order valence-corrected chi connectivity index (χ0v) is 10.7. The van der Waals surface area contributed by atoms with Crippen LogP contribution in [0.25, 0.3) is 0 Å². The molecule has 2 rings (SSSR count). The Kier molecular flexibility index (Phi) is 4.20. The molecule has 0 saturated carbocycles. The Hall–Kier alpha value is -0.590. The molecule has 1 aromatic rings. The van der Waals surface area contributed by atoms with Crippen molar-refractivity contribution in [2.24, 2.45) is 0 Å². The highest BCUT2D eigenvalue weighted by Gasteiger charge is 2.25. The van der Waals surface area contributed by atoms with Crippen LogP contribution in [-0.4, -0.2) is 28.6 Å². The van der Waals surface area contributed by atoms with Gasteiger partial charge >= 0.3 is 0 Å². The molecule has 0 aliphatic carbocycles. The Bertz CT molecular complexity index is 336. The molecular weight excluding hydrogens is 242 g/mol. The van der Waals surface area contributed by atoms with Gasteiger partial charge in [-0.25, -0.2) is 4.98 Å². The van der Waals surface area contributed by atoms with E-state index in [1.807, 2.05) is 5.38 Å². The summed E-state index contributed by atoms with van der Waals surface area (Å²) < 4.78 is 0. The molecule has 2 unspecified atom stereocenters. The number of nitrogens with zero attached hydrogens (tertiary/aromatic N) is 1. The zero-order valence-electron chi connectivity index (χ0n) is 9.10. The Labute approximate surface area is 103 Å². The molecule has 2 atom stereocenters. The molecule has 1 saturated heterocycles. The molecule has 4 nitrogen and oxygen atoms in total. The molecule has 1 amide bonds. The summed E-state index contributed by atoms with van der Waals surface area (Å²) in [5, 5.41) is 9.13. The van der Waals surface area contributed by atoms with Crippen LogP contribution in [0.2, 0.25) is 0 Å². The van der Waals surface area contributed by atoms with Gasteiger partial charge in [-0.3, -0.25) is 10.1 Å². The third kappa shape index (κ3) is 2.75. The summed E-state index contributed by atoms with van der Waals surface area (Å²) in [5.41, 5.74) is 0. The van der Waals surface area contributed by atoms with Gasteiger partial charge in [-0.1, -0.05) is 6.92 Å². The van der Waals surface area contributed by atoms with Crippen LogP contribution in [0.1, 0.15) is 24.4 Å². The first-order chi connectivity index (χ1) is 7.81. The number of carbonyl (C=O) groups is 1. The summed E-state index contributed by atoms with van der Waals surface area (Å²) in [6.07, 6.45) is 2.65. The molecule has 88 valence electrons. The van der Waals surface area contributed by atoms with E-state index in [1.165, 1.54) is 0 Å². The van der Waals surface area contributed by atoms with Crippen molar-refractivity contribution in [1.82, 2.24) is 15.6 Å². The Morgan fingerprint density at radius 2 is 2.69 bits per heavy atom. The lowest BCUT2D eigenvalue weighted by Crippen LogP contribution is -2.43. The van der Waals surface area contributed by atoms with Crippen LogP contribution in [-0.2, 0) is 4.79 Å². The van der Waals surface area contributed by atoms with Crippen LogP contribution >= 0.6 is 23.1 Å². The minimum atomic E-state index is -0.0426. The molecule has 0 bridgehead atoms. The van der Waals surface area contributed by atoms with Crippen LogP contribution in [0, 0.1) is 0 Å². The largest absolute Gasteiger partial charge is 0.345 e. The maximum Gasteiger partial charge on any atom is 0.238 e. The van der Waals surface area contributed by atoms with E-state index in [-0.39, 0.29) is 18.0 Å². The monoisotopic (exact) mass is 257 g/mol. The van der Waals surface area contributed by atoms with Crippen molar-refractivity contribution in [3.8, 4) is 0 Å². The van der Waals surface area contributed by atoms with Crippen molar-refractivity contribution in [3.63, 3.8) is 0 Å². The zero-order chi connectivity index (χ0) is 11.4. The van der Waals surface area contributed by atoms with Gasteiger partial charge in [-0.05, 0) is 6.42 Å². The summed E-state index contributed by atoms with van der Waals surface area (Å²) >= 11 is 3.35. The number of aromatic nitrogens is 1. The van der Waals surface area contributed by atoms with Gasteiger partial charge in [0.2, 0.25) is 5.91 Å². The third-order valence-electron chi connectivity index (χ3n) is 2.51. The fourth-order valence-corrected chi connectivity index (χ4v) is 3.30.